The highest BCUT2D eigenvalue weighted by Gasteiger charge is 2.35. The summed E-state index contributed by atoms with van der Waals surface area (Å²) in [6, 6.07) is 12.6. The molecule has 1 N–H and O–H groups in total. The van der Waals surface area contributed by atoms with Crippen molar-refractivity contribution in [2.24, 2.45) is 5.92 Å². The number of fused-ring (bicyclic) bond motifs is 1. The molecule has 0 bridgehead atoms. The summed E-state index contributed by atoms with van der Waals surface area (Å²) in [5.74, 6) is 0.0580. The van der Waals surface area contributed by atoms with E-state index in [1.54, 1.807) is 24.3 Å². The topological polar surface area (TPSA) is 76.1 Å². The van der Waals surface area contributed by atoms with Gasteiger partial charge in [-0.1, -0.05) is 32.0 Å². The Morgan fingerprint density at radius 2 is 1.81 bits per heavy atom. The summed E-state index contributed by atoms with van der Waals surface area (Å²) in [7, 11) is 0. The Labute approximate surface area is 183 Å². The zero-order valence-corrected chi connectivity index (χ0v) is 18.8. The number of hydrogen-bond acceptors (Lipinski definition) is 4. The van der Waals surface area contributed by atoms with Crippen molar-refractivity contribution in [1.82, 2.24) is 4.90 Å². The van der Waals surface area contributed by atoms with Gasteiger partial charge in [0.1, 0.15) is 18.0 Å². The van der Waals surface area contributed by atoms with Crippen molar-refractivity contribution >= 4 is 12.1 Å². The van der Waals surface area contributed by atoms with Crippen LogP contribution in [0, 0.1) is 5.92 Å². The molecular weight excluding hydrogens is 394 g/mol. The van der Waals surface area contributed by atoms with Gasteiger partial charge in [0.05, 0.1) is 11.6 Å². The lowest BCUT2D eigenvalue weighted by Gasteiger charge is -2.40. The van der Waals surface area contributed by atoms with E-state index >= 15 is 0 Å². The van der Waals surface area contributed by atoms with Gasteiger partial charge in [-0.2, -0.15) is 0 Å². The first-order chi connectivity index (χ1) is 14.5. The molecule has 3 rings (SSSR count). The molecule has 166 valence electrons. The predicted octanol–water partition coefficient (Wildman–Crippen LogP) is 5.45. The van der Waals surface area contributed by atoms with Crippen molar-refractivity contribution in [3.05, 3.63) is 64.7 Å². The van der Waals surface area contributed by atoms with E-state index in [2.05, 4.69) is 13.8 Å². The summed E-state index contributed by atoms with van der Waals surface area (Å²) in [6.45, 7) is 10.8. The predicted molar refractivity (Wildman–Crippen MR) is 118 cm³/mol. The number of nitrogens with zero attached hydrogens (tertiary/aromatic N) is 1. The van der Waals surface area contributed by atoms with E-state index in [-0.39, 0.29) is 23.6 Å². The van der Waals surface area contributed by atoms with Crippen LogP contribution >= 0.6 is 0 Å². The van der Waals surface area contributed by atoms with Crippen molar-refractivity contribution in [3.8, 4) is 5.75 Å². The normalized spacial score (nSPS) is 16.1. The van der Waals surface area contributed by atoms with Gasteiger partial charge in [0.15, 0.2) is 0 Å². The molecule has 1 heterocycles. The average molecular weight is 426 g/mol. The SMILES string of the molecule is CC(C)[C@H]1c2ccc(OCc3ccc(C(=O)O)cc3)cc2CCN1C(=O)OC(C)(C)C. The molecule has 6 nitrogen and oxygen atoms in total. The molecule has 0 saturated heterocycles. The lowest BCUT2D eigenvalue weighted by Crippen LogP contribution is -2.44. The van der Waals surface area contributed by atoms with Crippen molar-refractivity contribution in [2.75, 3.05) is 6.54 Å². The van der Waals surface area contributed by atoms with Crippen LogP contribution in [0.3, 0.4) is 0 Å². The minimum atomic E-state index is -0.942. The van der Waals surface area contributed by atoms with Gasteiger partial charge in [-0.05, 0) is 74.1 Å². The second-order valence-electron chi connectivity index (χ2n) is 9.26. The zero-order chi connectivity index (χ0) is 22.8. The van der Waals surface area contributed by atoms with E-state index < -0.39 is 11.6 Å². The Hall–Kier alpha value is -3.02. The third kappa shape index (κ3) is 5.57. The fourth-order valence-corrected chi connectivity index (χ4v) is 3.88. The highest BCUT2D eigenvalue weighted by atomic mass is 16.6. The number of ether oxygens (including phenoxy) is 2. The standard InChI is InChI=1S/C25H31NO5/c1-16(2)22-21-11-10-20(30-15-17-6-8-18(9-7-17)23(27)28)14-19(21)12-13-26(22)24(29)31-25(3,4)5/h6-11,14,16,22H,12-13,15H2,1-5H3,(H,27,28)/t22-/m0/s1. The summed E-state index contributed by atoms with van der Waals surface area (Å²) >= 11 is 0. The number of carboxylic acids is 1. The molecule has 1 aliphatic heterocycles. The summed E-state index contributed by atoms with van der Waals surface area (Å²) in [4.78, 5) is 25.6. The van der Waals surface area contributed by atoms with Crippen LogP contribution in [0.25, 0.3) is 0 Å². The summed E-state index contributed by atoms with van der Waals surface area (Å²) in [5, 5.41) is 9.00. The summed E-state index contributed by atoms with van der Waals surface area (Å²) < 4.78 is 11.6. The Morgan fingerprint density at radius 3 is 2.39 bits per heavy atom. The number of aromatic carboxylic acids is 1. The van der Waals surface area contributed by atoms with Gasteiger partial charge < -0.3 is 19.5 Å². The quantitative estimate of drug-likeness (QED) is 0.689. The van der Waals surface area contributed by atoms with Crippen LogP contribution in [0.15, 0.2) is 42.5 Å². The van der Waals surface area contributed by atoms with E-state index in [9.17, 15) is 9.59 Å². The highest BCUT2D eigenvalue weighted by Crippen LogP contribution is 2.37. The van der Waals surface area contributed by atoms with Gasteiger partial charge in [0, 0.05) is 6.54 Å². The minimum absolute atomic E-state index is 0.0452. The van der Waals surface area contributed by atoms with Gasteiger partial charge >= 0.3 is 12.1 Å². The smallest absolute Gasteiger partial charge is 0.410 e. The van der Waals surface area contributed by atoms with Crippen molar-refractivity contribution in [1.29, 1.82) is 0 Å². The second-order valence-corrected chi connectivity index (χ2v) is 9.26. The lowest BCUT2D eigenvalue weighted by molar-refractivity contribution is 0.00875. The van der Waals surface area contributed by atoms with Gasteiger partial charge in [0.2, 0.25) is 0 Å². The fraction of sp³-hybridized carbons (Fsp3) is 0.440. The fourth-order valence-electron chi connectivity index (χ4n) is 3.88. The number of carbonyl (C=O) groups excluding carboxylic acids is 1. The van der Waals surface area contributed by atoms with Gasteiger partial charge in [0.25, 0.3) is 0 Å². The van der Waals surface area contributed by atoms with Crippen molar-refractivity contribution < 1.29 is 24.2 Å². The van der Waals surface area contributed by atoms with Crippen LogP contribution in [-0.2, 0) is 17.8 Å². The van der Waals surface area contributed by atoms with E-state index in [1.807, 2.05) is 43.9 Å². The maximum absolute atomic E-state index is 12.8. The zero-order valence-electron chi connectivity index (χ0n) is 18.8. The van der Waals surface area contributed by atoms with Crippen molar-refractivity contribution in [3.63, 3.8) is 0 Å². The van der Waals surface area contributed by atoms with Crippen LogP contribution in [0.1, 0.15) is 67.7 Å². The number of hydrogen-bond donors (Lipinski definition) is 1. The number of rotatable bonds is 5. The average Bonchev–Trinajstić information content (AvgIpc) is 2.70. The van der Waals surface area contributed by atoms with E-state index in [0.29, 0.717) is 13.2 Å². The van der Waals surface area contributed by atoms with E-state index in [4.69, 9.17) is 14.6 Å². The van der Waals surface area contributed by atoms with Gasteiger partial charge in [-0.25, -0.2) is 9.59 Å². The molecule has 31 heavy (non-hydrogen) atoms. The second kappa shape index (κ2) is 9.00. The lowest BCUT2D eigenvalue weighted by atomic mass is 9.86. The molecule has 0 aromatic heterocycles. The van der Waals surface area contributed by atoms with Crippen LogP contribution in [0.2, 0.25) is 0 Å². The van der Waals surface area contributed by atoms with Crippen LogP contribution in [0.4, 0.5) is 4.79 Å². The van der Waals surface area contributed by atoms with Crippen LogP contribution in [0.5, 0.6) is 5.75 Å². The maximum atomic E-state index is 12.8. The van der Waals surface area contributed by atoms with Crippen molar-refractivity contribution in [2.45, 2.75) is 59.3 Å². The summed E-state index contributed by atoms with van der Waals surface area (Å²) in [5.41, 5.74) is 2.94. The largest absolute Gasteiger partial charge is 0.489 e. The first-order valence-corrected chi connectivity index (χ1v) is 10.6. The molecule has 1 atom stereocenters. The minimum Gasteiger partial charge on any atom is -0.489 e. The molecule has 0 aliphatic carbocycles. The van der Waals surface area contributed by atoms with Crippen LogP contribution < -0.4 is 4.74 Å². The molecule has 2 aromatic rings. The first kappa shape index (κ1) is 22.7. The monoisotopic (exact) mass is 425 g/mol. The number of benzene rings is 2. The Bertz CT molecular complexity index is 943. The molecule has 0 unspecified atom stereocenters. The Morgan fingerprint density at radius 1 is 1.13 bits per heavy atom. The van der Waals surface area contributed by atoms with E-state index in [1.165, 1.54) is 5.56 Å². The van der Waals surface area contributed by atoms with Gasteiger partial charge in [-0.3, -0.25) is 0 Å². The summed E-state index contributed by atoms with van der Waals surface area (Å²) in [6.07, 6.45) is 0.462. The third-order valence-corrected chi connectivity index (χ3v) is 5.26. The molecule has 1 aliphatic rings. The Balaban J connectivity index is 1.74. The highest BCUT2D eigenvalue weighted by molar-refractivity contribution is 5.87. The molecule has 0 saturated carbocycles. The Kier molecular flexibility index (Phi) is 6.58. The molecule has 2 aromatic carbocycles. The first-order valence-electron chi connectivity index (χ1n) is 10.6. The molecule has 0 fully saturated rings. The molecule has 6 heteroatoms. The number of carbonyl (C=O) groups is 2. The molecular formula is C25H31NO5. The third-order valence-electron chi connectivity index (χ3n) is 5.26. The maximum Gasteiger partial charge on any atom is 0.410 e. The van der Waals surface area contributed by atoms with E-state index in [0.717, 1.165) is 23.3 Å². The van der Waals surface area contributed by atoms with Gasteiger partial charge in [-0.15, -0.1) is 0 Å². The number of carboxylic acid groups (broad SMARTS) is 1. The number of amides is 1. The molecule has 0 radical (unpaired) electrons. The van der Waals surface area contributed by atoms with Crippen LogP contribution in [-0.4, -0.2) is 34.2 Å². The molecule has 0 spiro atoms. The molecule has 1 amide bonds.